The standard InChI is InChI=1S/C14H23N3O3/c1-5-19-8-9-20-11(2)14(18)16-12-6-7-13(15-10-12)17(3)4/h6-7,10-11H,5,8-9H2,1-4H3,(H,16,18)/t11-/m1/s1. The molecule has 6 heteroatoms. The van der Waals surface area contributed by atoms with Gasteiger partial charge in [0.1, 0.15) is 11.9 Å². The van der Waals surface area contributed by atoms with Crippen LogP contribution in [-0.2, 0) is 14.3 Å². The van der Waals surface area contributed by atoms with E-state index in [4.69, 9.17) is 9.47 Å². The first-order chi connectivity index (χ1) is 9.54. The number of pyridine rings is 1. The molecule has 0 aromatic carbocycles. The van der Waals surface area contributed by atoms with Gasteiger partial charge < -0.3 is 19.7 Å². The molecular formula is C14H23N3O3. The van der Waals surface area contributed by atoms with Crippen LogP contribution in [0, 0.1) is 0 Å². The number of nitrogens with one attached hydrogen (secondary N) is 1. The molecule has 0 unspecified atom stereocenters. The summed E-state index contributed by atoms with van der Waals surface area (Å²) in [5.74, 6) is 0.643. The topological polar surface area (TPSA) is 63.7 Å². The number of hydrogen-bond acceptors (Lipinski definition) is 5. The highest BCUT2D eigenvalue weighted by atomic mass is 16.5. The molecule has 1 atom stereocenters. The summed E-state index contributed by atoms with van der Waals surface area (Å²) in [5, 5.41) is 2.76. The number of hydrogen-bond donors (Lipinski definition) is 1. The van der Waals surface area contributed by atoms with Gasteiger partial charge in [-0.15, -0.1) is 0 Å². The van der Waals surface area contributed by atoms with E-state index < -0.39 is 6.10 Å². The molecular weight excluding hydrogens is 258 g/mol. The zero-order valence-electron chi connectivity index (χ0n) is 12.5. The lowest BCUT2D eigenvalue weighted by Gasteiger charge is -2.14. The zero-order chi connectivity index (χ0) is 15.0. The van der Waals surface area contributed by atoms with Crippen LogP contribution < -0.4 is 10.2 Å². The number of carbonyl (C=O) groups is 1. The first kappa shape index (κ1) is 16.4. The van der Waals surface area contributed by atoms with E-state index >= 15 is 0 Å². The van der Waals surface area contributed by atoms with Crippen molar-refractivity contribution >= 4 is 17.4 Å². The van der Waals surface area contributed by atoms with Crippen molar-refractivity contribution in [3.8, 4) is 0 Å². The van der Waals surface area contributed by atoms with Gasteiger partial charge in [-0.25, -0.2) is 4.98 Å². The van der Waals surface area contributed by atoms with Crippen LogP contribution in [0.15, 0.2) is 18.3 Å². The minimum atomic E-state index is -0.524. The Bertz CT molecular complexity index is 407. The molecule has 0 spiro atoms. The number of nitrogens with zero attached hydrogens (tertiary/aromatic N) is 2. The first-order valence-corrected chi connectivity index (χ1v) is 6.68. The molecule has 0 radical (unpaired) electrons. The highest BCUT2D eigenvalue weighted by molar-refractivity contribution is 5.93. The van der Waals surface area contributed by atoms with E-state index in [-0.39, 0.29) is 5.91 Å². The van der Waals surface area contributed by atoms with Crippen LogP contribution >= 0.6 is 0 Å². The third-order valence-corrected chi connectivity index (χ3v) is 2.64. The lowest BCUT2D eigenvalue weighted by molar-refractivity contribution is -0.127. The first-order valence-electron chi connectivity index (χ1n) is 6.68. The molecule has 1 aromatic rings. The zero-order valence-corrected chi connectivity index (χ0v) is 12.5. The molecule has 0 fully saturated rings. The fraction of sp³-hybridized carbons (Fsp3) is 0.571. The third kappa shape index (κ3) is 5.54. The molecule has 0 aliphatic carbocycles. The van der Waals surface area contributed by atoms with Crippen molar-refractivity contribution in [1.82, 2.24) is 4.98 Å². The third-order valence-electron chi connectivity index (χ3n) is 2.64. The molecule has 6 nitrogen and oxygen atoms in total. The van der Waals surface area contributed by atoms with Crippen molar-refractivity contribution in [2.75, 3.05) is 44.1 Å². The molecule has 0 saturated heterocycles. The average Bonchev–Trinajstić information content (AvgIpc) is 2.44. The molecule has 112 valence electrons. The minimum Gasteiger partial charge on any atom is -0.379 e. The SMILES string of the molecule is CCOCCO[C@H](C)C(=O)Nc1ccc(N(C)C)nc1. The summed E-state index contributed by atoms with van der Waals surface area (Å²) in [6, 6.07) is 3.66. The molecule has 20 heavy (non-hydrogen) atoms. The van der Waals surface area contributed by atoms with E-state index in [9.17, 15) is 4.79 Å². The molecule has 0 saturated carbocycles. The van der Waals surface area contributed by atoms with E-state index in [0.717, 1.165) is 5.82 Å². The molecule has 0 aliphatic rings. The lowest BCUT2D eigenvalue weighted by atomic mass is 10.3. The van der Waals surface area contributed by atoms with Gasteiger partial charge in [-0.05, 0) is 26.0 Å². The van der Waals surface area contributed by atoms with E-state index in [0.29, 0.717) is 25.5 Å². The Morgan fingerprint density at radius 1 is 1.40 bits per heavy atom. The van der Waals surface area contributed by atoms with E-state index in [1.165, 1.54) is 0 Å². The monoisotopic (exact) mass is 281 g/mol. The maximum Gasteiger partial charge on any atom is 0.253 e. The molecule has 1 rings (SSSR count). The average molecular weight is 281 g/mol. The van der Waals surface area contributed by atoms with E-state index in [1.807, 2.05) is 38.1 Å². The summed E-state index contributed by atoms with van der Waals surface area (Å²) in [6.45, 7) is 5.17. The van der Waals surface area contributed by atoms with E-state index in [2.05, 4.69) is 10.3 Å². The second-order valence-corrected chi connectivity index (χ2v) is 4.50. The summed E-state index contributed by atoms with van der Waals surface area (Å²) in [5.41, 5.74) is 0.654. The summed E-state index contributed by atoms with van der Waals surface area (Å²) < 4.78 is 10.5. The Morgan fingerprint density at radius 3 is 2.70 bits per heavy atom. The van der Waals surface area contributed by atoms with Gasteiger partial charge in [-0.3, -0.25) is 4.79 Å². The molecule has 1 aromatic heterocycles. The highest BCUT2D eigenvalue weighted by Gasteiger charge is 2.13. The van der Waals surface area contributed by atoms with Crippen molar-refractivity contribution in [2.45, 2.75) is 20.0 Å². The van der Waals surface area contributed by atoms with Gasteiger partial charge in [-0.2, -0.15) is 0 Å². The number of anilines is 2. The van der Waals surface area contributed by atoms with Crippen LogP contribution in [0.1, 0.15) is 13.8 Å². The summed E-state index contributed by atoms with van der Waals surface area (Å²) in [6.07, 6.45) is 1.10. The number of ether oxygens (including phenoxy) is 2. The minimum absolute atomic E-state index is 0.194. The van der Waals surface area contributed by atoms with Crippen LogP contribution in [0.2, 0.25) is 0 Å². The van der Waals surface area contributed by atoms with Crippen LogP contribution in [-0.4, -0.2) is 50.9 Å². The van der Waals surface area contributed by atoms with Crippen molar-refractivity contribution in [3.05, 3.63) is 18.3 Å². The Kier molecular flexibility index (Phi) is 6.97. The fourth-order valence-corrected chi connectivity index (χ4v) is 1.47. The number of carbonyl (C=O) groups excluding carboxylic acids is 1. The Labute approximate surface area is 120 Å². The van der Waals surface area contributed by atoms with Gasteiger partial charge in [0.05, 0.1) is 25.1 Å². The van der Waals surface area contributed by atoms with Gasteiger partial charge in [-0.1, -0.05) is 0 Å². The summed E-state index contributed by atoms with van der Waals surface area (Å²) >= 11 is 0. The lowest BCUT2D eigenvalue weighted by Crippen LogP contribution is -2.29. The van der Waals surface area contributed by atoms with Gasteiger partial charge in [0.25, 0.3) is 5.91 Å². The molecule has 0 aliphatic heterocycles. The quantitative estimate of drug-likeness (QED) is 0.732. The second kappa shape index (κ2) is 8.50. The maximum absolute atomic E-state index is 11.9. The molecule has 1 amide bonds. The van der Waals surface area contributed by atoms with Crippen molar-refractivity contribution < 1.29 is 14.3 Å². The van der Waals surface area contributed by atoms with Gasteiger partial charge >= 0.3 is 0 Å². The van der Waals surface area contributed by atoms with Crippen molar-refractivity contribution in [1.29, 1.82) is 0 Å². The summed E-state index contributed by atoms with van der Waals surface area (Å²) in [7, 11) is 3.82. The second-order valence-electron chi connectivity index (χ2n) is 4.50. The number of aromatic nitrogens is 1. The predicted octanol–water partition coefficient (Wildman–Crippen LogP) is 1.53. The van der Waals surface area contributed by atoms with Crippen molar-refractivity contribution in [2.24, 2.45) is 0 Å². The largest absolute Gasteiger partial charge is 0.379 e. The Balaban J connectivity index is 2.40. The normalized spacial score (nSPS) is 12.0. The van der Waals surface area contributed by atoms with Gasteiger partial charge in [0.2, 0.25) is 0 Å². The van der Waals surface area contributed by atoms with Crippen LogP contribution in [0.4, 0.5) is 11.5 Å². The summed E-state index contributed by atoms with van der Waals surface area (Å²) in [4.78, 5) is 18.0. The smallest absolute Gasteiger partial charge is 0.253 e. The Morgan fingerprint density at radius 2 is 2.15 bits per heavy atom. The number of rotatable bonds is 8. The van der Waals surface area contributed by atoms with Crippen LogP contribution in [0.25, 0.3) is 0 Å². The highest BCUT2D eigenvalue weighted by Crippen LogP contribution is 2.12. The van der Waals surface area contributed by atoms with Crippen molar-refractivity contribution in [3.63, 3.8) is 0 Å². The molecule has 0 bridgehead atoms. The van der Waals surface area contributed by atoms with Crippen LogP contribution in [0.5, 0.6) is 0 Å². The predicted molar refractivity (Wildman–Crippen MR) is 79.1 cm³/mol. The molecule has 1 heterocycles. The van der Waals surface area contributed by atoms with E-state index in [1.54, 1.807) is 13.1 Å². The van der Waals surface area contributed by atoms with Gasteiger partial charge in [0.15, 0.2) is 0 Å². The van der Waals surface area contributed by atoms with Gasteiger partial charge in [0, 0.05) is 20.7 Å². The van der Waals surface area contributed by atoms with Crippen LogP contribution in [0.3, 0.4) is 0 Å². The number of amides is 1. The molecule has 1 N–H and O–H groups in total. The fourth-order valence-electron chi connectivity index (χ4n) is 1.47. The maximum atomic E-state index is 11.9. The Hall–Kier alpha value is -1.66.